The van der Waals surface area contributed by atoms with Crippen LogP contribution in [-0.4, -0.2) is 51.4 Å². The van der Waals surface area contributed by atoms with Gasteiger partial charge >= 0.3 is 6.09 Å². The number of nitrogens with one attached hydrogen (secondary N) is 1. The second-order valence-corrected chi connectivity index (χ2v) is 7.80. The maximum absolute atomic E-state index is 12.1. The van der Waals surface area contributed by atoms with Gasteiger partial charge < -0.3 is 9.64 Å². The van der Waals surface area contributed by atoms with Crippen molar-refractivity contribution >= 4 is 22.2 Å². The number of amides is 1. The second-order valence-electron chi connectivity index (χ2n) is 6.02. The zero-order chi connectivity index (χ0) is 17.7. The third kappa shape index (κ3) is 4.82. The Labute approximate surface area is 143 Å². The summed E-state index contributed by atoms with van der Waals surface area (Å²) in [6, 6.07) is 7.21. The van der Waals surface area contributed by atoms with E-state index in [-0.39, 0.29) is 12.1 Å². The molecule has 2 rings (SSSR count). The van der Waals surface area contributed by atoms with Crippen molar-refractivity contribution in [2.75, 3.05) is 19.9 Å². The Kier molecular flexibility index (Phi) is 6.01. The van der Waals surface area contributed by atoms with Crippen molar-refractivity contribution in [2.45, 2.75) is 31.3 Å². The standard InChI is InChI=1S/C17H24N2O4S/c1-4-13-7-5-8-14(11-13)12-16-15(18-24(3,21)22)9-6-10-19(16)17(20)23-2/h4-5,7-8,11,15-16,18H,1,6,9-10,12H2,2-3H3/t15-,16-/m0/s1. The van der Waals surface area contributed by atoms with E-state index in [0.717, 1.165) is 23.8 Å². The highest BCUT2D eigenvalue weighted by molar-refractivity contribution is 7.88. The lowest BCUT2D eigenvalue weighted by Gasteiger charge is -2.40. The summed E-state index contributed by atoms with van der Waals surface area (Å²) >= 11 is 0. The van der Waals surface area contributed by atoms with Crippen LogP contribution in [0.2, 0.25) is 0 Å². The number of hydrogen-bond acceptors (Lipinski definition) is 4. The first-order chi connectivity index (χ1) is 11.3. The maximum Gasteiger partial charge on any atom is 0.409 e. The molecule has 1 fully saturated rings. The monoisotopic (exact) mass is 352 g/mol. The van der Waals surface area contributed by atoms with Gasteiger partial charge in [-0.3, -0.25) is 0 Å². The van der Waals surface area contributed by atoms with Gasteiger partial charge in [0.05, 0.1) is 19.4 Å². The van der Waals surface area contributed by atoms with Crippen LogP contribution >= 0.6 is 0 Å². The van der Waals surface area contributed by atoms with Crippen molar-refractivity contribution in [3.63, 3.8) is 0 Å². The molecule has 1 heterocycles. The van der Waals surface area contributed by atoms with Gasteiger partial charge in [0.2, 0.25) is 10.0 Å². The van der Waals surface area contributed by atoms with E-state index < -0.39 is 16.1 Å². The Morgan fingerprint density at radius 2 is 2.25 bits per heavy atom. The van der Waals surface area contributed by atoms with Crippen LogP contribution in [0.5, 0.6) is 0 Å². The van der Waals surface area contributed by atoms with Crippen LogP contribution < -0.4 is 4.72 Å². The van der Waals surface area contributed by atoms with Gasteiger partial charge in [-0.25, -0.2) is 17.9 Å². The molecule has 7 heteroatoms. The van der Waals surface area contributed by atoms with Crippen LogP contribution in [0, 0.1) is 0 Å². The van der Waals surface area contributed by atoms with Crippen molar-refractivity contribution < 1.29 is 17.9 Å². The summed E-state index contributed by atoms with van der Waals surface area (Å²) in [6.45, 7) is 4.32. The van der Waals surface area contributed by atoms with Crippen LogP contribution in [0.4, 0.5) is 4.79 Å². The number of likely N-dealkylation sites (tertiary alicyclic amines) is 1. The predicted octanol–water partition coefficient (Wildman–Crippen LogP) is 2.02. The van der Waals surface area contributed by atoms with Crippen LogP contribution in [0.1, 0.15) is 24.0 Å². The van der Waals surface area contributed by atoms with E-state index in [1.54, 1.807) is 11.0 Å². The Bertz CT molecular complexity index is 702. The quantitative estimate of drug-likeness (QED) is 0.880. The molecule has 0 radical (unpaired) electrons. The van der Waals surface area contributed by atoms with Gasteiger partial charge in [-0.15, -0.1) is 0 Å². The topological polar surface area (TPSA) is 75.7 Å². The number of benzene rings is 1. The van der Waals surface area contributed by atoms with E-state index >= 15 is 0 Å². The molecule has 24 heavy (non-hydrogen) atoms. The van der Waals surface area contributed by atoms with Crippen molar-refractivity contribution in [3.05, 3.63) is 42.0 Å². The molecule has 1 aromatic rings. The SMILES string of the molecule is C=Cc1cccc(C[C@H]2[C@@H](NS(C)(=O)=O)CCCN2C(=O)OC)c1. The minimum atomic E-state index is -3.36. The number of carbonyl (C=O) groups is 1. The summed E-state index contributed by atoms with van der Waals surface area (Å²) in [5, 5.41) is 0. The summed E-state index contributed by atoms with van der Waals surface area (Å²) < 4.78 is 30.9. The summed E-state index contributed by atoms with van der Waals surface area (Å²) in [6.07, 6.45) is 4.43. The third-order valence-corrected chi connectivity index (χ3v) is 4.92. The van der Waals surface area contributed by atoms with Crippen molar-refractivity contribution in [3.8, 4) is 0 Å². The van der Waals surface area contributed by atoms with E-state index in [1.807, 2.05) is 24.3 Å². The minimum Gasteiger partial charge on any atom is -0.453 e. The van der Waals surface area contributed by atoms with Crippen LogP contribution in [0.25, 0.3) is 6.08 Å². The molecule has 1 saturated heterocycles. The van der Waals surface area contributed by atoms with Gasteiger partial charge in [-0.1, -0.05) is 36.9 Å². The maximum atomic E-state index is 12.1. The van der Waals surface area contributed by atoms with Crippen LogP contribution in [-0.2, 0) is 21.2 Å². The molecule has 0 aliphatic carbocycles. The first kappa shape index (κ1) is 18.5. The largest absolute Gasteiger partial charge is 0.453 e. The number of rotatable bonds is 5. The average molecular weight is 352 g/mol. The van der Waals surface area contributed by atoms with Crippen LogP contribution in [0.15, 0.2) is 30.8 Å². The van der Waals surface area contributed by atoms with Crippen molar-refractivity contribution in [1.82, 2.24) is 9.62 Å². The molecule has 0 unspecified atom stereocenters. The van der Waals surface area contributed by atoms with E-state index in [4.69, 9.17) is 4.74 Å². The Balaban J connectivity index is 2.30. The molecule has 0 saturated carbocycles. The van der Waals surface area contributed by atoms with E-state index in [2.05, 4.69) is 11.3 Å². The Morgan fingerprint density at radius 3 is 2.88 bits per heavy atom. The molecule has 1 aliphatic heterocycles. The number of methoxy groups -OCH3 is 1. The Hall–Kier alpha value is -1.86. The highest BCUT2D eigenvalue weighted by Gasteiger charge is 2.36. The fourth-order valence-corrected chi connectivity index (χ4v) is 3.98. The highest BCUT2D eigenvalue weighted by Crippen LogP contribution is 2.23. The predicted molar refractivity (Wildman–Crippen MR) is 94.1 cm³/mol. The highest BCUT2D eigenvalue weighted by atomic mass is 32.2. The summed E-state index contributed by atoms with van der Waals surface area (Å²) in [5.74, 6) is 0. The fraction of sp³-hybridized carbons (Fsp3) is 0.471. The first-order valence-corrected chi connectivity index (χ1v) is 9.76. The molecule has 1 amide bonds. The number of piperidine rings is 1. The molecule has 0 bridgehead atoms. The minimum absolute atomic E-state index is 0.291. The van der Waals surface area contributed by atoms with Gasteiger partial charge in [-0.05, 0) is 30.4 Å². The van der Waals surface area contributed by atoms with Crippen molar-refractivity contribution in [1.29, 1.82) is 0 Å². The Morgan fingerprint density at radius 1 is 1.50 bits per heavy atom. The molecule has 6 nitrogen and oxygen atoms in total. The number of nitrogens with zero attached hydrogens (tertiary/aromatic N) is 1. The van der Waals surface area contributed by atoms with Crippen LogP contribution in [0.3, 0.4) is 0 Å². The second kappa shape index (κ2) is 7.81. The zero-order valence-corrected chi connectivity index (χ0v) is 14.9. The van der Waals surface area contributed by atoms with E-state index in [1.165, 1.54) is 7.11 Å². The molecule has 1 aromatic carbocycles. The zero-order valence-electron chi connectivity index (χ0n) is 14.1. The van der Waals surface area contributed by atoms with Gasteiger partial charge in [0.15, 0.2) is 0 Å². The van der Waals surface area contributed by atoms with Crippen molar-refractivity contribution in [2.24, 2.45) is 0 Å². The number of carbonyl (C=O) groups excluding carboxylic acids is 1. The molecule has 0 aromatic heterocycles. The number of hydrogen-bond donors (Lipinski definition) is 1. The van der Waals surface area contributed by atoms with Gasteiger partial charge in [0.25, 0.3) is 0 Å². The van der Waals surface area contributed by atoms with Gasteiger partial charge in [-0.2, -0.15) is 0 Å². The molecular weight excluding hydrogens is 328 g/mol. The summed E-state index contributed by atoms with van der Waals surface area (Å²) in [7, 11) is -2.02. The summed E-state index contributed by atoms with van der Waals surface area (Å²) in [5.41, 5.74) is 2.01. The van der Waals surface area contributed by atoms with E-state index in [0.29, 0.717) is 19.4 Å². The first-order valence-electron chi connectivity index (χ1n) is 7.87. The van der Waals surface area contributed by atoms with Gasteiger partial charge in [0.1, 0.15) is 0 Å². The molecular formula is C17H24N2O4S. The van der Waals surface area contributed by atoms with E-state index in [9.17, 15) is 13.2 Å². The lowest BCUT2D eigenvalue weighted by Crippen LogP contribution is -2.57. The molecule has 1 N–H and O–H groups in total. The number of sulfonamides is 1. The average Bonchev–Trinajstić information content (AvgIpc) is 2.54. The molecule has 0 spiro atoms. The lowest BCUT2D eigenvalue weighted by molar-refractivity contribution is 0.0792. The van der Waals surface area contributed by atoms with Gasteiger partial charge in [0, 0.05) is 12.6 Å². The smallest absolute Gasteiger partial charge is 0.409 e. The normalized spacial score (nSPS) is 21.3. The summed E-state index contributed by atoms with van der Waals surface area (Å²) in [4.78, 5) is 13.7. The molecule has 132 valence electrons. The fourth-order valence-electron chi connectivity index (χ4n) is 3.15. The number of ether oxygens (including phenoxy) is 1. The molecule has 2 atom stereocenters. The molecule has 1 aliphatic rings. The third-order valence-electron chi connectivity index (χ3n) is 4.19. The lowest BCUT2D eigenvalue weighted by atomic mass is 9.91.